The Morgan fingerprint density at radius 3 is 1.26 bits per heavy atom. The highest BCUT2D eigenvalue weighted by atomic mass is 32.2. The van der Waals surface area contributed by atoms with Crippen LogP contribution in [0.5, 0.6) is 11.5 Å². The molecule has 0 radical (unpaired) electrons. The van der Waals surface area contributed by atoms with E-state index in [2.05, 4.69) is 13.8 Å². The van der Waals surface area contributed by atoms with E-state index in [1.54, 1.807) is 0 Å². The van der Waals surface area contributed by atoms with Crippen molar-refractivity contribution in [1.29, 1.82) is 0 Å². The molecule has 0 heterocycles. The number of phenolic OH excluding ortho intramolecular Hbond substituents is 2. The third kappa shape index (κ3) is 10.4. The third-order valence-electron chi connectivity index (χ3n) is 10.2. The number of carbonyl (C=O) groups excluding carboxylic acids is 2. The normalized spacial score (nSPS) is 13.1. The van der Waals surface area contributed by atoms with Gasteiger partial charge in [0.25, 0.3) is 0 Å². The predicted octanol–water partition coefficient (Wildman–Crippen LogP) is 9.88. The van der Waals surface area contributed by atoms with Gasteiger partial charge in [0.05, 0.1) is 38.0 Å². The van der Waals surface area contributed by atoms with Gasteiger partial charge in [0.1, 0.15) is 11.5 Å². The Balaban J connectivity index is 1.88. The minimum absolute atomic E-state index is 0.172. The zero-order valence-corrected chi connectivity index (χ0v) is 32.5. The molecule has 2 N–H and O–H groups in total. The van der Waals surface area contributed by atoms with Gasteiger partial charge in [0.2, 0.25) is 0 Å². The van der Waals surface area contributed by atoms with Crippen LogP contribution < -0.4 is 0 Å². The first kappa shape index (κ1) is 41.7. The first-order valence-electron chi connectivity index (χ1n) is 19.1. The van der Waals surface area contributed by atoms with Crippen molar-refractivity contribution in [2.24, 2.45) is 0 Å². The number of rotatable bonds is 24. The average Bonchev–Trinajstić information content (AvgIpc) is 3.08. The molecular weight excluding hydrogens is 673 g/mol. The van der Waals surface area contributed by atoms with Crippen LogP contribution in [0.4, 0.5) is 0 Å². The maximum Gasteiger partial charge on any atom is 0.199 e. The Morgan fingerprint density at radius 2 is 0.840 bits per heavy atom. The fourth-order valence-electron chi connectivity index (χ4n) is 6.97. The molecule has 0 saturated carbocycles. The molecule has 50 heavy (non-hydrogen) atoms. The van der Waals surface area contributed by atoms with Gasteiger partial charge in [-0.2, -0.15) is 0 Å². The van der Waals surface area contributed by atoms with E-state index in [9.17, 15) is 36.6 Å². The van der Waals surface area contributed by atoms with Crippen molar-refractivity contribution in [3.63, 3.8) is 0 Å². The van der Waals surface area contributed by atoms with Crippen molar-refractivity contribution < 1.29 is 36.6 Å². The highest BCUT2D eigenvalue weighted by Crippen LogP contribution is 2.45. The lowest BCUT2D eigenvalue weighted by atomic mass is 9.81. The van der Waals surface area contributed by atoms with E-state index in [0.29, 0.717) is 19.3 Å². The average molecular weight is 733 g/mol. The minimum atomic E-state index is -4.37. The number of aromatic hydroxyl groups is 2. The van der Waals surface area contributed by atoms with Crippen LogP contribution in [0.15, 0.2) is 21.9 Å². The van der Waals surface area contributed by atoms with Crippen molar-refractivity contribution in [2.45, 2.75) is 166 Å². The molecule has 0 aromatic heterocycles. The standard InChI is InChI=1S/C40H60O8S2/c1-5-7-9-11-13-15-17-19-21-23-27-49(45,46)32-26-25-31-33(39(44)35-34(38(31)43)36(41)29(3)30(4)37(35)42)40(32)50(47,48)28-24-22-20-18-16-14-12-10-8-6-2/h25-26,41-42H,5-24,27-28H2,1-4H3. The Hall–Kier alpha value is -2.72. The molecule has 2 aromatic rings. The topological polar surface area (TPSA) is 143 Å². The maximum atomic E-state index is 14.1. The van der Waals surface area contributed by atoms with Crippen LogP contribution in [0.2, 0.25) is 0 Å². The number of hydrogen-bond donors (Lipinski definition) is 2. The number of carbonyl (C=O) groups is 2. The molecule has 0 atom stereocenters. The molecule has 0 fully saturated rings. The third-order valence-corrected chi connectivity index (χ3v) is 14.1. The largest absolute Gasteiger partial charge is 0.507 e. The van der Waals surface area contributed by atoms with Gasteiger partial charge in [0.15, 0.2) is 31.2 Å². The summed E-state index contributed by atoms with van der Waals surface area (Å²) in [7, 11) is -8.55. The number of ketones is 2. The molecule has 280 valence electrons. The van der Waals surface area contributed by atoms with Crippen molar-refractivity contribution in [2.75, 3.05) is 11.5 Å². The lowest BCUT2D eigenvalue weighted by Gasteiger charge is -2.25. The summed E-state index contributed by atoms with van der Waals surface area (Å²) in [6, 6.07) is 2.30. The molecule has 1 aliphatic carbocycles. The molecule has 3 rings (SSSR count). The molecular formula is C40H60O8S2. The summed E-state index contributed by atoms with van der Waals surface area (Å²) >= 11 is 0. The van der Waals surface area contributed by atoms with Gasteiger partial charge in [-0.15, -0.1) is 0 Å². The van der Waals surface area contributed by atoms with Gasteiger partial charge in [-0.05, 0) is 49.9 Å². The zero-order chi connectivity index (χ0) is 36.9. The molecule has 1 aliphatic rings. The smallest absolute Gasteiger partial charge is 0.199 e. The number of unbranched alkanes of at least 4 members (excludes halogenated alkanes) is 18. The van der Waals surface area contributed by atoms with Crippen molar-refractivity contribution in [1.82, 2.24) is 0 Å². The summed E-state index contributed by atoms with van der Waals surface area (Å²) in [6.07, 6.45) is 19.9. The van der Waals surface area contributed by atoms with E-state index in [0.717, 1.165) is 57.4 Å². The molecule has 0 aliphatic heterocycles. The Bertz CT molecular complexity index is 1690. The van der Waals surface area contributed by atoms with Crippen LogP contribution in [0.1, 0.15) is 185 Å². The number of hydrogen-bond acceptors (Lipinski definition) is 8. The van der Waals surface area contributed by atoms with E-state index >= 15 is 0 Å². The second-order valence-corrected chi connectivity index (χ2v) is 18.3. The van der Waals surface area contributed by atoms with Crippen LogP contribution in [0.25, 0.3) is 0 Å². The fourth-order valence-corrected chi connectivity index (χ4v) is 10.9. The van der Waals surface area contributed by atoms with Gasteiger partial charge < -0.3 is 10.2 Å². The van der Waals surface area contributed by atoms with E-state index < -0.39 is 69.2 Å². The second kappa shape index (κ2) is 19.8. The van der Waals surface area contributed by atoms with Crippen LogP contribution in [0, 0.1) is 13.8 Å². The Kier molecular flexibility index (Phi) is 16.5. The zero-order valence-electron chi connectivity index (χ0n) is 30.9. The summed E-state index contributed by atoms with van der Waals surface area (Å²) < 4.78 is 56.0. The molecule has 0 saturated heterocycles. The summed E-state index contributed by atoms with van der Waals surface area (Å²) in [6.45, 7) is 7.35. The van der Waals surface area contributed by atoms with Crippen molar-refractivity contribution >= 4 is 31.2 Å². The molecule has 0 bridgehead atoms. The summed E-state index contributed by atoms with van der Waals surface area (Å²) in [4.78, 5) is 26.8. The number of fused-ring (bicyclic) bond motifs is 2. The number of phenols is 2. The maximum absolute atomic E-state index is 14.1. The molecule has 0 spiro atoms. The first-order valence-corrected chi connectivity index (χ1v) is 22.4. The van der Waals surface area contributed by atoms with Gasteiger partial charge in [-0.3, -0.25) is 9.59 Å². The van der Waals surface area contributed by atoms with E-state index in [4.69, 9.17) is 0 Å². The van der Waals surface area contributed by atoms with Gasteiger partial charge in [0, 0.05) is 5.56 Å². The monoisotopic (exact) mass is 732 g/mol. The number of sulfone groups is 2. The van der Waals surface area contributed by atoms with Crippen LogP contribution in [-0.2, 0) is 19.7 Å². The van der Waals surface area contributed by atoms with Crippen molar-refractivity contribution in [3.05, 3.63) is 45.5 Å². The molecule has 2 aromatic carbocycles. The lowest BCUT2D eigenvalue weighted by Crippen LogP contribution is -2.27. The fraction of sp³-hybridized carbons (Fsp3) is 0.650. The molecule has 10 heteroatoms. The van der Waals surface area contributed by atoms with E-state index in [1.807, 2.05) is 0 Å². The second-order valence-electron chi connectivity index (χ2n) is 14.2. The van der Waals surface area contributed by atoms with E-state index in [-0.39, 0.29) is 34.6 Å². The Morgan fingerprint density at radius 1 is 0.480 bits per heavy atom. The van der Waals surface area contributed by atoms with Gasteiger partial charge in [-0.1, -0.05) is 129 Å². The minimum Gasteiger partial charge on any atom is -0.507 e. The molecule has 0 unspecified atom stereocenters. The van der Waals surface area contributed by atoms with E-state index in [1.165, 1.54) is 71.3 Å². The quantitative estimate of drug-likeness (QED) is 0.0685. The lowest BCUT2D eigenvalue weighted by molar-refractivity contribution is 0.0971. The highest BCUT2D eigenvalue weighted by molar-refractivity contribution is 7.94. The van der Waals surface area contributed by atoms with Crippen LogP contribution >= 0.6 is 0 Å². The first-order chi connectivity index (χ1) is 23.8. The molecule has 0 amide bonds. The number of benzene rings is 2. The van der Waals surface area contributed by atoms with Crippen LogP contribution in [0.3, 0.4) is 0 Å². The summed E-state index contributed by atoms with van der Waals surface area (Å²) in [5, 5.41) is 21.9. The Labute approximate surface area is 301 Å². The van der Waals surface area contributed by atoms with Crippen molar-refractivity contribution in [3.8, 4) is 11.5 Å². The van der Waals surface area contributed by atoms with Gasteiger partial charge >= 0.3 is 0 Å². The van der Waals surface area contributed by atoms with Gasteiger partial charge in [-0.25, -0.2) is 16.8 Å². The SMILES string of the molecule is CCCCCCCCCCCCS(=O)(=O)c1ccc2c(c1S(=O)(=O)CCCCCCCCCCCC)C(=O)c1c(O)c(C)c(C)c(O)c1C2=O. The highest BCUT2D eigenvalue weighted by Gasteiger charge is 2.42. The van der Waals surface area contributed by atoms with Crippen LogP contribution in [-0.4, -0.2) is 50.1 Å². The molecule has 8 nitrogen and oxygen atoms in total. The summed E-state index contributed by atoms with van der Waals surface area (Å²) in [5.41, 5.74) is -1.33. The predicted molar refractivity (Wildman–Crippen MR) is 200 cm³/mol. The summed E-state index contributed by atoms with van der Waals surface area (Å²) in [5.74, 6) is -3.48.